The number of carbonyl (C=O) groups excluding carboxylic acids is 2. The number of phenolic OH excluding ortho intramolecular Hbond substituents is 1. The molecule has 3 rings (SSSR count). The van der Waals surface area contributed by atoms with E-state index in [1.807, 2.05) is 36.4 Å². The third-order valence-corrected chi connectivity index (χ3v) is 4.54. The van der Waals surface area contributed by atoms with E-state index in [0.29, 0.717) is 16.9 Å². The van der Waals surface area contributed by atoms with Crippen LogP contribution in [0.25, 0.3) is 0 Å². The van der Waals surface area contributed by atoms with Crippen LogP contribution in [0.4, 0.5) is 0 Å². The summed E-state index contributed by atoms with van der Waals surface area (Å²) in [6, 6.07) is 22.3. The molecule has 0 aliphatic rings. The predicted molar refractivity (Wildman–Crippen MR) is 118 cm³/mol. The highest BCUT2D eigenvalue weighted by Crippen LogP contribution is 2.25. The van der Waals surface area contributed by atoms with Crippen LogP contribution < -0.4 is 15.5 Å². The van der Waals surface area contributed by atoms with E-state index in [4.69, 9.17) is 4.74 Å². The highest BCUT2D eigenvalue weighted by Gasteiger charge is 2.19. The maximum Gasteiger partial charge on any atom is 0.251 e. The van der Waals surface area contributed by atoms with Crippen molar-refractivity contribution >= 4 is 18.0 Å². The average molecular weight is 417 g/mol. The first kappa shape index (κ1) is 21.6. The number of rotatable bonds is 8. The molecule has 1 atom stereocenters. The second-order valence-electron chi connectivity index (χ2n) is 6.73. The lowest BCUT2D eigenvalue weighted by atomic mass is 10.0. The standard InChI is InChI=1S/C24H23N3O4/c1-31-22-14-17(12-13-21(22)28)16-25-27-23(29)15-20(18-8-4-2-5-9-18)26-24(30)19-10-6-3-7-11-19/h2-14,16,20,28H,15H2,1H3,(H,26,30)(H,27,29)/b25-16-/t20-/m1/s1. The van der Waals surface area contributed by atoms with Gasteiger partial charge in [0.15, 0.2) is 11.5 Å². The lowest BCUT2D eigenvalue weighted by molar-refractivity contribution is -0.121. The van der Waals surface area contributed by atoms with Gasteiger partial charge in [-0.2, -0.15) is 5.10 Å². The van der Waals surface area contributed by atoms with Crippen molar-refractivity contribution in [3.63, 3.8) is 0 Å². The molecule has 0 spiro atoms. The van der Waals surface area contributed by atoms with E-state index >= 15 is 0 Å². The summed E-state index contributed by atoms with van der Waals surface area (Å²) in [6.07, 6.45) is 1.46. The molecule has 0 unspecified atom stereocenters. The minimum absolute atomic E-state index is 0.0127. The Morgan fingerprint density at radius 2 is 1.71 bits per heavy atom. The molecule has 0 saturated heterocycles. The Morgan fingerprint density at radius 3 is 2.39 bits per heavy atom. The molecule has 3 aromatic carbocycles. The summed E-state index contributed by atoms with van der Waals surface area (Å²) in [5.74, 6) is -0.294. The van der Waals surface area contributed by atoms with Crippen molar-refractivity contribution < 1.29 is 19.4 Å². The van der Waals surface area contributed by atoms with Crippen LogP contribution in [-0.2, 0) is 4.79 Å². The predicted octanol–water partition coefficient (Wildman–Crippen LogP) is 3.41. The highest BCUT2D eigenvalue weighted by molar-refractivity contribution is 5.94. The fourth-order valence-electron chi connectivity index (χ4n) is 2.95. The average Bonchev–Trinajstić information content (AvgIpc) is 2.80. The molecular formula is C24H23N3O4. The smallest absolute Gasteiger partial charge is 0.251 e. The van der Waals surface area contributed by atoms with E-state index in [0.717, 1.165) is 5.56 Å². The zero-order valence-corrected chi connectivity index (χ0v) is 17.0. The number of phenols is 1. The number of carbonyl (C=O) groups is 2. The van der Waals surface area contributed by atoms with Crippen LogP contribution in [0, 0.1) is 0 Å². The lowest BCUT2D eigenvalue weighted by Gasteiger charge is -2.18. The van der Waals surface area contributed by atoms with E-state index in [9.17, 15) is 14.7 Å². The monoisotopic (exact) mass is 417 g/mol. The Hall–Kier alpha value is -4.13. The maximum atomic E-state index is 12.6. The van der Waals surface area contributed by atoms with Gasteiger partial charge in [-0.1, -0.05) is 48.5 Å². The molecule has 7 nitrogen and oxygen atoms in total. The number of aromatic hydroxyl groups is 1. The molecule has 0 aromatic heterocycles. The van der Waals surface area contributed by atoms with Crippen molar-refractivity contribution in [2.24, 2.45) is 5.10 Å². The van der Waals surface area contributed by atoms with Gasteiger partial charge in [-0.05, 0) is 41.5 Å². The highest BCUT2D eigenvalue weighted by atomic mass is 16.5. The number of benzene rings is 3. The van der Waals surface area contributed by atoms with Crippen molar-refractivity contribution in [2.75, 3.05) is 7.11 Å². The molecule has 3 N–H and O–H groups in total. The van der Waals surface area contributed by atoms with Crippen LogP contribution in [0.1, 0.15) is 33.9 Å². The van der Waals surface area contributed by atoms with E-state index in [1.165, 1.54) is 19.4 Å². The van der Waals surface area contributed by atoms with Crippen LogP contribution >= 0.6 is 0 Å². The molecule has 0 aliphatic heterocycles. The second kappa shape index (κ2) is 10.6. The number of hydrogen-bond acceptors (Lipinski definition) is 5. The summed E-state index contributed by atoms with van der Waals surface area (Å²) in [4.78, 5) is 25.1. The Morgan fingerprint density at radius 1 is 1.03 bits per heavy atom. The first-order valence-electron chi connectivity index (χ1n) is 9.66. The molecular weight excluding hydrogens is 394 g/mol. The first-order valence-corrected chi connectivity index (χ1v) is 9.66. The molecule has 2 amide bonds. The van der Waals surface area contributed by atoms with Crippen molar-refractivity contribution in [1.82, 2.24) is 10.7 Å². The topological polar surface area (TPSA) is 100 Å². The van der Waals surface area contributed by atoms with E-state index in [1.54, 1.807) is 36.4 Å². The summed E-state index contributed by atoms with van der Waals surface area (Å²) in [5.41, 5.74) is 4.45. The molecule has 0 aliphatic carbocycles. The quantitative estimate of drug-likeness (QED) is 0.386. The van der Waals surface area contributed by atoms with Crippen LogP contribution in [0.2, 0.25) is 0 Å². The van der Waals surface area contributed by atoms with Gasteiger partial charge < -0.3 is 15.2 Å². The maximum absolute atomic E-state index is 12.6. The third-order valence-electron chi connectivity index (χ3n) is 4.54. The van der Waals surface area contributed by atoms with E-state index in [2.05, 4.69) is 15.8 Å². The van der Waals surface area contributed by atoms with Gasteiger partial charge in [0, 0.05) is 5.56 Å². The van der Waals surface area contributed by atoms with Crippen molar-refractivity contribution in [1.29, 1.82) is 0 Å². The molecule has 0 heterocycles. The molecule has 0 fully saturated rings. The molecule has 31 heavy (non-hydrogen) atoms. The minimum atomic E-state index is -0.516. The summed E-state index contributed by atoms with van der Waals surface area (Å²) in [7, 11) is 1.45. The van der Waals surface area contributed by atoms with Gasteiger partial charge in [0.1, 0.15) is 0 Å². The summed E-state index contributed by atoms with van der Waals surface area (Å²) < 4.78 is 5.05. The third kappa shape index (κ3) is 6.17. The Bertz CT molecular complexity index is 1050. The van der Waals surface area contributed by atoms with Crippen LogP contribution in [-0.4, -0.2) is 30.2 Å². The zero-order valence-electron chi connectivity index (χ0n) is 17.0. The van der Waals surface area contributed by atoms with Gasteiger partial charge in [0.25, 0.3) is 5.91 Å². The van der Waals surface area contributed by atoms with Crippen LogP contribution in [0.3, 0.4) is 0 Å². The molecule has 0 bridgehead atoms. The summed E-state index contributed by atoms with van der Waals surface area (Å²) in [6.45, 7) is 0. The fourth-order valence-corrected chi connectivity index (χ4v) is 2.95. The van der Waals surface area contributed by atoms with Gasteiger partial charge in [0.05, 0.1) is 25.8 Å². The van der Waals surface area contributed by atoms with Gasteiger partial charge in [-0.15, -0.1) is 0 Å². The Balaban J connectivity index is 1.66. The summed E-state index contributed by atoms with van der Waals surface area (Å²) in [5, 5.41) is 16.5. The largest absolute Gasteiger partial charge is 0.504 e. The van der Waals surface area contributed by atoms with Crippen molar-refractivity contribution in [3.05, 3.63) is 95.6 Å². The zero-order chi connectivity index (χ0) is 22.1. The normalized spacial score (nSPS) is 11.6. The first-order chi connectivity index (χ1) is 15.1. The summed E-state index contributed by atoms with van der Waals surface area (Å²) >= 11 is 0. The molecule has 3 aromatic rings. The molecule has 0 radical (unpaired) electrons. The number of ether oxygens (including phenoxy) is 1. The Kier molecular flexibility index (Phi) is 7.37. The molecule has 7 heteroatoms. The lowest BCUT2D eigenvalue weighted by Crippen LogP contribution is -2.32. The van der Waals surface area contributed by atoms with Crippen molar-refractivity contribution in [2.45, 2.75) is 12.5 Å². The minimum Gasteiger partial charge on any atom is -0.504 e. The number of nitrogens with zero attached hydrogens (tertiary/aromatic N) is 1. The Labute approximate surface area is 180 Å². The van der Waals surface area contributed by atoms with Gasteiger partial charge in [0.2, 0.25) is 5.91 Å². The van der Waals surface area contributed by atoms with Crippen LogP contribution in [0.5, 0.6) is 11.5 Å². The van der Waals surface area contributed by atoms with Crippen molar-refractivity contribution in [3.8, 4) is 11.5 Å². The number of amides is 2. The fraction of sp³-hybridized carbons (Fsp3) is 0.125. The SMILES string of the molecule is COc1cc(/C=N\NC(=O)C[C@@H](NC(=O)c2ccccc2)c2ccccc2)ccc1O. The molecule has 158 valence electrons. The van der Waals surface area contributed by atoms with Gasteiger partial charge in [-0.25, -0.2) is 5.43 Å². The number of methoxy groups -OCH3 is 1. The van der Waals surface area contributed by atoms with Crippen LogP contribution in [0.15, 0.2) is 84.0 Å². The second-order valence-corrected chi connectivity index (χ2v) is 6.73. The number of nitrogens with one attached hydrogen (secondary N) is 2. The van der Waals surface area contributed by atoms with E-state index < -0.39 is 6.04 Å². The van der Waals surface area contributed by atoms with Gasteiger partial charge >= 0.3 is 0 Å². The molecule has 0 saturated carbocycles. The van der Waals surface area contributed by atoms with E-state index in [-0.39, 0.29) is 24.0 Å². The van der Waals surface area contributed by atoms with Gasteiger partial charge in [-0.3, -0.25) is 9.59 Å². The number of hydrogen-bond donors (Lipinski definition) is 3. The number of hydrazone groups is 1.